The molecular weight excluding hydrogens is 342 g/mol. The number of rotatable bonds is 10. The van der Waals surface area contributed by atoms with Gasteiger partial charge in [0.05, 0.1) is 7.11 Å². The molecule has 1 aliphatic rings. The number of methoxy groups -OCH3 is 1. The highest BCUT2D eigenvalue weighted by Gasteiger charge is 2.57. The van der Waals surface area contributed by atoms with E-state index in [1.54, 1.807) is 0 Å². The predicted molar refractivity (Wildman–Crippen MR) is 109 cm³/mol. The Kier molecular flexibility index (Phi) is 8.33. The number of carboxylic acid groups (broad SMARTS) is 1. The topological polar surface area (TPSA) is 66.8 Å². The van der Waals surface area contributed by atoms with Crippen molar-refractivity contribution in [3.8, 4) is 0 Å². The molecule has 1 saturated heterocycles. The Morgan fingerprint density at radius 3 is 2.19 bits per heavy atom. The van der Waals surface area contributed by atoms with Crippen LogP contribution in [0.2, 0.25) is 0 Å². The van der Waals surface area contributed by atoms with Gasteiger partial charge in [-0.1, -0.05) is 27.2 Å². The number of hydrogen-bond donors (Lipinski definition) is 1. The van der Waals surface area contributed by atoms with Gasteiger partial charge in [0.25, 0.3) is 0 Å². The second-order valence-electron chi connectivity index (χ2n) is 9.58. The van der Waals surface area contributed by atoms with Gasteiger partial charge in [-0.3, -0.25) is 9.59 Å². The van der Waals surface area contributed by atoms with Crippen molar-refractivity contribution in [3.63, 3.8) is 0 Å². The van der Waals surface area contributed by atoms with Crippen LogP contribution in [0.3, 0.4) is 0 Å². The summed E-state index contributed by atoms with van der Waals surface area (Å²) < 4.78 is 4.75. The molecule has 0 aliphatic carbocycles. The Morgan fingerprint density at radius 2 is 1.63 bits per heavy atom. The first-order chi connectivity index (χ1) is 12.4. The summed E-state index contributed by atoms with van der Waals surface area (Å²) in [5.41, 5.74) is 0.285. The number of ether oxygens (including phenoxy) is 1. The van der Waals surface area contributed by atoms with Crippen molar-refractivity contribution in [3.05, 3.63) is 0 Å². The van der Waals surface area contributed by atoms with Gasteiger partial charge in [0.15, 0.2) is 0 Å². The van der Waals surface area contributed by atoms with E-state index in [2.05, 4.69) is 46.6 Å². The summed E-state index contributed by atoms with van der Waals surface area (Å²) in [4.78, 5) is 24.9. The SMILES string of the molecule is COC(=O)CCCCC(CCCC(=O)O)C1(C)CCN(C)C(C)(C)C1(C)C. The molecule has 5 heteroatoms. The van der Waals surface area contributed by atoms with Gasteiger partial charge in [-0.2, -0.15) is 0 Å². The summed E-state index contributed by atoms with van der Waals surface area (Å²) in [6.07, 6.45) is 6.33. The van der Waals surface area contributed by atoms with E-state index in [0.29, 0.717) is 12.3 Å². The molecule has 0 saturated carbocycles. The standard InChI is InChI=1S/C22H41NO4/c1-20(2)21(3,4)23(6)16-15-22(20,5)17(12-10-13-18(24)25)11-8-9-14-19(26)27-7/h17H,8-16H2,1-7H3,(H,24,25). The monoisotopic (exact) mass is 383 g/mol. The number of nitrogens with zero attached hydrogens (tertiary/aromatic N) is 1. The molecule has 0 amide bonds. The fourth-order valence-corrected chi connectivity index (χ4v) is 4.93. The minimum Gasteiger partial charge on any atom is -0.481 e. The maximum Gasteiger partial charge on any atom is 0.305 e. The van der Waals surface area contributed by atoms with Gasteiger partial charge in [0.2, 0.25) is 0 Å². The Morgan fingerprint density at radius 1 is 1.04 bits per heavy atom. The largest absolute Gasteiger partial charge is 0.481 e. The van der Waals surface area contributed by atoms with Crippen molar-refractivity contribution >= 4 is 11.9 Å². The third kappa shape index (κ3) is 5.24. The van der Waals surface area contributed by atoms with E-state index >= 15 is 0 Å². The van der Waals surface area contributed by atoms with Crippen molar-refractivity contribution in [2.75, 3.05) is 20.7 Å². The molecule has 0 bridgehead atoms. The number of piperidine rings is 1. The maximum absolute atomic E-state index is 11.4. The fourth-order valence-electron chi connectivity index (χ4n) is 4.93. The van der Waals surface area contributed by atoms with Crippen LogP contribution < -0.4 is 0 Å². The maximum atomic E-state index is 11.4. The van der Waals surface area contributed by atoms with Gasteiger partial charge in [-0.15, -0.1) is 0 Å². The molecule has 1 heterocycles. The van der Waals surface area contributed by atoms with Crippen LogP contribution in [0, 0.1) is 16.7 Å². The summed E-state index contributed by atoms with van der Waals surface area (Å²) in [7, 11) is 3.64. The van der Waals surface area contributed by atoms with Crippen LogP contribution in [0.1, 0.15) is 86.0 Å². The van der Waals surface area contributed by atoms with Gasteiger partial charge < -0.3 is 14.7 Å². The molecule has 27 heavy (non-hydrogen) atoms. The van der Waals surface area contributed by atoms with E-state index < -0.39 is 5.97 Å². The lowest BCUT2D eigenvalue weighted by molar-refractivity contribution is -0.144. The van der Waals surface area contributed by atoms with E-state index in [4.69, 9.17) is 9.84 Å². The van der Waals surface area contributed by atoms with Crippen LogP contribution in [0.25, 0.3) is 0 Å². The van der Waals surface area contributed by atoms with Gasteiger partial charge in [0.1, 0.15) is 0 Å². The Labute approximate surface area is 165 Å². The Hall–Kier alpha value is -1.10. The van der Waals surface area contributed by atoms with Gasteiger partial charge in [-0.25, -0.2) is 0 Å². The normalized spacial score (nSPS) is 25.7. The first-order valence-electron chi connectivity index (χ1n) is 10.4. The molecule has 2 atom stereocenters. The van der Waals surface area contributed by atoms with Crippen molar-refractivity contribution in [1.29, 1.82) is 0 Å². The zero-order valence-electron chi connectivity index (χ0n) is 18.6. The van der Waals surface area contributed by atoms with Crippen LogP contribution in [-0.2, 0) is 14.3 Å². The first-order valence-corrected chi connectivity index (χ1v) is 10.4. The molecule has 1 rings (SSSR count). The van der Waals surface area contributed by atoms with Crippen molar-refractivity contribution in [1.82, 2.24) is 4.90 Å². The lowest BCUT2D eigenvalue weighted by atomic mass is 9.48. The number of hydrogen-bond acceptors (Lipinski definition) is 4. The number of unbranched alkanes of at least 4 members (excludes halogenated alkanes) is 1. The number of likely N-dealkylation sites (tertiary alicyclic amines) is 1. The smallest absolute Gasteiger partial charge is 0.305 e. The average Bonchev–Trinajstić information content (AvgIpc) is 2.59. The van der Waals surface area contributed by atoms with Crippen molar-refractivity contribution in [2.45, 2.75) is 91.5 Å². The quantitative estimate of drug-likeness (QED) is 0.436. The summed E-state index contributed by atoms with van der Waals surface area (Å²) in [6, 6.07) is 0. The molecule has 2 unspecified atom stereocenters. The Bertz CT molecular complexity index is 514. The van der Waals surface area contributed by atoms with Gasteiger partial charge >= 0.3 is 11.9 Å². The molecule has 0 aromatic rings. The summed E-state index contributed by atoms with van der Waals surface area (Å²) in [5.74, 6) is -0.408. The number of carboxylic acids is 1. The number of aliphatic carboxylic acids is 1. The number of esters is 1. The lowest BCUT2D eigenvalue weighted by Crippen LogP contribution is -2.65. The lowest BCUT2D eigenvalue weighted by Gasteiger charge is -2.64. The second-order valence-corrected chi connectivity index (χ2v) is 9.58. The molecule has 0 aromatic carbocycles. The molecule has 158 valence electrons. The zero-order valence-corrected chi connectivity index (χ0v) is 18.6. The summed E-state index contributed by atoms with van der Waals surface area (Å²) >= 11 is 0. The first kappa shape index (κ1) is 23.9. The van der Waals surface area contributed by atoms with E-state index in [1.165, 1.54) is 7.11 Å². The second kappa shape index (κ2) is 9.40. The molecule has 0 radical (unpaired) electrons. The molecule has 1 fully saturated rings. The van der Waals surface area contributed by atoms with Crippen molar-refractivity contribution in [2.24, 2.45) is 16.7 Å². The van der Waals surface area contributed by atoms with Crippen LogP contribution in [0.5, 0.6) is 0 Å². The summed E-state index contributed by atoms with van der Waals surface area (Å²) in [6.45, 7) is 12.9. The fraction of sp³-hybridized carbons (Fsp3) is 0.909. The minimum absolute atomic E-state index is 0.0665. The van der Waals surface area contributed by atoms with E-state index in [1.807, 2.05) is 0 Å². The van der Waals surface area contributed by atoms with Crippen LogP contribution in [-0.4, -0.2) is 48.2 Å². The highest BCUT2D eigenvalue weighted by Crippen LogP contribution is 2.59. The molecule has 0 aromatic heterocycles. The van der Waals surface area contributed by atoms with Crippen LogP contribution >= 0.6 is 0 Å². The molecule has 0 spiro atoms. The number of carbonyl (C=O) groups is 2. The molecule has 1 aliphatic heterocycles. The predicted octanol–water partition coefficient (Wildman–Crippen LogP) is 4.74. The Balaban J connectivity index is 2.94. The highest BCUT2D eigenvalue weighted by atomic mass is 16.5. The highest BCUT2D eigenvalue weighted by molar-refractivity contribution is 5.69. The molecular formula is C22H41NO4. The van der Waals surface area contributed by atoms with Crippen LogP contribution in [0.4, 0.5) is 0 Å². The van der Waals surface area contributed by atoms with Gasteiger partial charge in [-0.05, 0) is 76.3 Å². The summed E-state index contributed by atoms with van der Waals surface area (Å²) in [5, 5.41) is 9.07. The molecule has 1 N–H and O–H groups in total. The minimum atomic E-state index is -0.715. The molecule has 5 nitrogen and oxygen atoms in total. The third-order valence-corrected chi connectivity index (χ3v) is 8.13. The van der Waals surface area contributed by atoms with E-state index in [0.717, 1.165) is 45.1 Å². The van der Waals surface area contributed by atoms with Gasteiger partial charge in [0, 0.05) is 18.4 Å². The van der Waals surface area contributed by atoms with Crippen LogP contribution in [0.15, 0.2) is 0 Å². The van der Waals surface area contributed by atoms with E-state index in [-0.39, 0.29) is 28.8 Å². The van der Waals surface area contributed by atoms with E-state index in [9.17, 15) is 9.59 Å². The third-order valence-electron chi connectivity index (χ3n) is 8.13. The van der Waals surface area contributed by atoms with Crippen molar-refractivity contribution < 1.29 is 19.4 Å². The zero-order chi connectivity index (χ0) is 20.9. The number of carbonyl (C=O) groups excluding carboxylic acids is 1. The average molecular weight is 384 g/mol.